The molecule has 2 aromatic carbocycles. The van der Waals surface area contributed by atoms with Crippen LogP contribution in [0, 0.1) is 11.7 Å². The average molecular weight is 340 g/mol. The van der Waals surface area contributed by atoms with Crippen molar-refractivity contribution in [3.8, 4) is 0 Å². The number of anilines is 1. The van der Waals surface area contributed by atoms with E-state index in [1.165, 1.54) is 6.07 Å². The average Bonchev–Trinajstić information content (AvgIpc) is 2.97. The number of hydrogen-bond acceptors (Lipinski definition) is 3. The van der Waals surface area contributed by atoms with Crippen molar-refractivity contribution in [2.24, 2.45) is 11.7 Å². The molecule has 0 aliphatic rings. The first kappa shape index (κ1) is 17.1. The first-order valence-corrected chi connectivity index (χ1v) is 8.22. The molecular weight excluding hydrogens is 319 g/mol. The minimum absolute atomic E-state index is 0.125. The fourth-order valence-corrected chi connectivity index (χ4v) is 2.54. The molecule has 3 aromatic rings. The predicted molar refractivity (Wildman–Crippen MR) is 96.7 cm³/mol. The number of carbonyl (C=O) groups is 1. The molecule has 0 bridgehead atoms. The monoisotopic (exact) mass is 340 g/mol. The highest BCUT2D eigenvalue weighted by atomic mass is 19.1. The highest BCUT2D eigenvalue weighted by molar-refractivity contribution is 5.94. The molecule has 5 nitrogen and oxygen atoms in total. The van der Waals surface area contributed by atoms with Crippen LogP contribution in [0.5, 0.6) is 0 Å². The summed E-state index contributed by atoms with van der Waals surface area (Å²) in [5, 5.41) is 2.86. The Morgan fingerprint density at radius 2 is 2.04 bits per heavy atom. The van der Waals surface area contributed by atoms with Crippen LogP contribution in [0.4, 0.5) is 10.1 Å². The fourth-order valence-electron chi connectivity index (χ4n) is 2.54. The molecule has 0 radical (unpaired) electrons. The number of benzene rings is 2. The standard InChI is InChI=1S/C19H21FN4O/c1-11(12(2)21)19(25)22-14-7-8-16-17(10-14)24-18(23-16)9-13-5-3-4-6-15(13)20/h3-8,10-12H,9,21H2,1-2H3,(H,22,25)(H,23,24). The van der Waals surface area contributed by atoms with Gasteiger partial charge in [-0.3, -0.25) is 4.79 Å². The molecule has 1 aromatic heterocycles. The molecule has 0 saturated heterocycles. The van der Waals surface area contributed by atoms with Gasteiger partial charge in [-0.25, -0.2) is 9.37 Å². The third kappa shape index (κ3) is 3.85. The van der Waals surface area contributed by atoms with Crippen molar-refractivity contribution in [2.45, 2.75) is 26.3 Å². The van der Waals surface area contributed by atoms with E-state index in [9.17, 15) is 9.18 Å². The van der Waals surface area contributed by atoms with Gasteiger partial charge in [0.25, 0.3) is 0 Å². The maximum absolute atomic E-state index is 13.8. The molecule has 1 heterocycles. The SMILES string of the molecule is CC(N)C(C)C(=O)Nc1ccc2nc(Cc3ccccc3F)[nH]c2c1. The Morgan fingerprint density at radius 3 is 2.76 bits per heavy atom. The number of fused-ring (bicyclic) bond motifs is 1. The zero-order chi connectivity index (χ0) is 18.0. The van der Waals surface area contributed by atoms with E-state index < -0.39 is 0 Å². The van der Waals surface area contributed by atoms with E-state index in [2.05, 4.69) is 15.3 Å². The van der Waals surface area contributed by atoms with Gasteiger partial charge >= 0.3 is 0 Å². The predicted octanol–water partition coefficient (Wildman–Crippen LogP) is 3.21. The van der Waals surface area contributed by atoms with Gasteiger partial charge in [0.2, 0.25) is 5.91 Å². The molecule has 0 spiro atoms. The highest BCUT2D eigenvalue weighted by Crippen LogP contribution is 2.20. The Morgan fingerprint density at radius 1 is 1.28 bits per heavy atom. The lowest BCUT2D eigenvalue weighted by molar-refractivity contribution is -0.119. The molecule has 130 valence electrons. The number of aromatic nitrogens is 2. The summed E-state index contributed by atoms with van der Waals surface area (Å²) in [5.41, 5.74) is 8.58. The number of H-pyrrole nitrogens is 1. The van der Waals surface area contributed by atoms with Crippen LogP contribution in [0.1, 0.15) is 25.2 Å². The zero-order valence-electron chi connectivity index (χ0n) is 14.2. The van der Waals surface area contributed by atoms with Crippen molar-refractivity contribution in [3.05, 3.63) is 59.7 Å². The third-order valence-corrected chi connectivity index (χ3v) is 4.32. The molecule has 3 rings (SSSR count). The van der Waals surface area contributed by atoms with Gasteiger partial charge in [0, 0.05) is 18.2 Å². The van der Waals surface area contributed by atoms with Crippen molar-refractivity contribution in [1.82, 2.24) is 9.97 Å². The Hall–Kier alpha value is -2.73. The third-order valence-electron chi connectivity index (χ3n) is 4.32. The second-order valence-electron chi connectivity index (χ2n) is 6.32. The maximum atomic E-state index is 13.8. The number of hydrogen-bond donors (Lipinski definition) is 3. The molecule has 0 saturated carbocycles. The summed E-state index contributed by atoms with van der Waals surface area (Å²) in [5.74, 6) is 0.0165. The van der Waals surface area contributed by atoms with E-state index in [1.54, 1.807) is 38.1 Å². The van der Waals surface area contributed by atoms with Gasteiger partial charge in [0.1, 0.15) is 11.6 Å². The van der Waals surface area contributed by atoms with Crippen molar-refractivity contribution in [1.29, 1.82) is 0 Å². The Balaban J connectivity index is 1.80. The normalized spacial score (nSPS) is 13.6. The van der Waals surface area contributed by atoms with Crippen LogP contribution in [-0.2, 0) is 11.2 Å². The molecule has 0 aliphatic carbocycles. The number of nitrogens with two attached hydrogens (primary N) is 1. The van der Waals surface area contributed by atoms with Crippen molar-refractivity contribution in [3.63, 3.8) is 0 Å². The lowest BCUT2D eigenvalue weighted by Gasteiger charge is -2.15. The van der Waals surface area contributed by atoms with Gasteiger partial charge in [0.15, 0.2) is 0 Å². The molecule has 0 fully saturated rings. The van der Waals surface area contributed by atoms with Crippen LogP contribution < -0.4 is 11.1 Å². The van der Waals surface area contributed by atoms with Crippen LogP contribution in [0.2, 0.25) is 0 Å². The molecule has 0 aliphatic heterocycles. The topological polar surface area (TPSA) is 83.8 Å². The van der Waals surface area contributed by atoms with Gasteiger partial charge < -0.3 is 16.0 Å². The van der Waals surface area contributed by atoms with Crippen LogP contribution >= 0.6 is 0 Å². The maximum Gasteiger partial charge on any atom is 0.228 e. The lowest BCUT2D eigenvalue weighted by Crippen LogP contribution is -2.34. The molecule has 6 heteroatoms. The van der Waals surface area contributed by atoms with E-state index in [0.29, 0.717) is 23.5 Å². The highest BCUT2D eigenvalue weighted by Gasteiger charge is 2.17. The number of nitrogens with one attached hydrogen (secondary N) is 2. The number of nitrogens with zero attached hydrogens (tertiary/aromatic N) is 1. The number of rotatable bonds is 5. The first-order chi connectivity index (χ1) is 11.9. The molecular formula is C19H21FN4O. The first-order valence-electron chi connectivity index (χ1n) is 8.22. The van der Waals surface area contributed by atoms with Crippen molar-refractivity contribution >= 4 is 22.6 Å². The van der Waals surface area contributed by atoms with Crippen LogP contribution in [0.25, 0.3) is 11.0 Å². The van der Waals surface area contributed by atoms with Crippen LogP contribution in [0.3, 0.4) is 0 Å². The van der Waals surface area contributed by atoms with Crippen LogP contribution in [-0.4, -0.2) is 21.9 Å². The number of carbonyl (C=O) groups excluding carboxylic acids is 1. The molecule has 4 N–H and O–H groups in total. The van der Waals surface area contributed by atoms with Crippen LogP contribution in [0.15, 0.2) is 42.5 Å². The summed E-state index contributed by atoms with van der Waals surface area (Å²) in [6.45, 7) is 3.60. The Bertz CT molecular complexity index is 903. The molecule has 25 heavy (non-hydrogen) atoms. The smallest absolute Gasteiger partial charge is 0.228 e. The molecule has 1 amide bonds. The minimum atomic E-state index is -0.283. The minimum Gasteiger partial charge on any atom is -0.342 e. The second-order valence-corrected chi connectivity index (χ2v) is 6.32. The van der Waals surface area contributed by atoms with Crippen molar-refractivity contribution < 1.29 is 9.18 Å². The Kier molecular flexibility index (Phi) is 4.81. The second kappa shape index (κ2) is 7.03. The quantitative estimate of drug-likeness (QED) is 0.667. The van der Waals surface area contributed by atoms with Gasteiger partial charge in [-0.05, 0) is 36.8 Å². The summed E-state index contributed by atoms with van der Waals surface area (Å²) < 4.78 is 13.8. The number of halogens is 1. The fraction of sp³-hybridized carbons (Fsp3) is 0.263. The number of aromatic amines is 1. The van der Waals surface area contributed by atoms with Gasteiger partial charge in [-0.15, -0.1) is 0 Å². The summed E-state index contributed by atoms with van der Waals surface area (Å²) in [4.78, 5) is 19.8. The summed E-state index contributed by atoms with van der Waals surface area (Å²) >= 11 is 0. The summed E-state index contributed by atoms with van der Waals surface area (Å²) in [6, 6.07) is 11.9. The van der Waals surface area contributed by atoms with E-state index in [0.717, 1.165) is 11.0 Å². The zero-order valence-corrected chi connectivity index (χ0v) is 14.2. The van der Waals surface area contributed by atoms with E-state index in [1.807, 2.05) is 12.1 Å². The van der Waals surface area contributed by atoms with Crippen molar-refractivity contribution in [2.75, 3.05) is 5.32 Å². The van der Waals surface area contributed by atoms with E-state index in [4.69, 9.17) is 5.73 Å². The molecule has 2 unspecified atom stereocenters. The largest absolute Gasteiger partial charge is 0.342 e. The van der Waals surface area contributed by atoms with E-state index in [-0.39, 0.29) is 23.7 Å². The lowest BCUT2D eigenvalue weighted by atomic mass is 10.0. The van der Waals surface area contributed by atoms with Gasteiger partial charge in [-0.2, -0.15) is 0 Å². The Labute approximate surface area is 145 Å². The molecule has 2 atom stereocenters. The van der Waals surface area contributed by atoms with Gasteiger partial charge in [0.05, 0.1) is 17.0 Å². The number of amides is 1. The number of imidazole rings is 1. The van der Waals surface area contributed by atoms with E-state index >= 15 is 0 Å². The summed E-state index contributed by atoms with van der Waals surface area (Å²) in [7, 11) is 0. The summed E-state index contributed by atoms with van der Waals surface area (Å²) in [6.07, 6.45) is 0.380. The van der Waals surface area contributed by atoms with Gasteiger partial charge in [-0.1, -0.05) is 25.1 Å².